The summed E-state index contributed by atoms with van der Waals surface area (Å²) in [6, 6.07) is 10.2. The molecule has 0 amide bonds. The van der Waals surface area contributed by atoms with E-state index in [2.05, 4.69) is 32.0 Å². The number of imidazole rings is 1. The van der Waals surface area contributed by atoms with Crippen LogP contribution in [0.5, 0.6) is 0 Å². The number of aromatic amines is 1. The van der Waals surface area contributed by atoms with Crippen molar-refractivity contribution in [3.05, 3.63) is 48.3 Å². The van der Waals surface area contributed by atoms with Crippen LogP contribution in [-0.4, -0.2) is 14.5 Å². The molecule has 0 atom stereocenters. The van der Waals surface area contributed by atoms with Crippen molar-refractivity contribution < 1.29 is 0 Å². The Hall–Kier alpha value is -2.23. The molecule has 0 aliphatic rings. The number of benzene rings is 1. The van der Waals surface area contributed by atoms with Gasteiger partial charge >= 0.3 is 0 Å². The van der Waals surface area contributed by atoms with E-state index >= 15 is 0 Å². The molecule has 0 radical (unpaired) electrons. The summed E-state index contributed by atoms with van der Waals surface area (Å²) in [5, 5.41) is 3.34. The molecule has 4 heteroatoms. The molecular formula is C13H14N4. The van der Waals surface area contributed by atoms with Gasteiger partial charge in [0.1, 0.15) is 0 Å². The second kappa shape index (κ2) is 3.97. The van der Waals surface area contributed by atoms with Crippen LogP contribution in [0.4, 0.5) is 5.95 Å². The van der Waals surface area contributed by atoms with Gasteiger partial charge in [-0.3, -0.25) is 0 Å². The molecule has 2 aromatic heterocycles. The standard InChI is InChI=1S/C13H14N4/c1-17-12-5-3-2-4-11(12)16-13(17)15-9-10-6-7-14-8-10/h2-8,14H,9H2,1H3,(H,15,16). The van der Waals surface area contributed by atoms with Gasteiger partial charge in [0.15, 0.2) is 0 Å². The Kier molecular flexibility index (Phi) is 2.33. The normalized spacial score (nSPS) is 10.9. The van der Waals surface area contributed by atoms with Crippen LogP contribution in [0, 0.1) is 0 Å². The first-order valence-corrected chi connectivity index (χ1v) is 5.61. The van der Waals surface area contributed by atoms with Crippen molar-refractivity contribution in [2.24, 2.45) is 7.05 Å². The van der Waals surface area contributed by atoms with Crippen molar-refractivity contribution in [1.29, 1.82) is 0 Å². The van der Waals surface area contributed by atoms with E-state index in [1.165, 1.54) is 5.56 Å². The third kappa shape index (κ3) is 1.78. The van der Waals surface area contributed by atoms with E-state index in [1.54, 1.807) is 0 Å². The first-order valence-electron chi connectivity index (χ1n) is 5.61. The summed E-state index contributed by atoms with van der Waals surface area (Å²) >= 11 is 0. The lowest BCUT2D eigenvalue weighted by Crippen LogP contribution is -2.04. The summed E-state index contributed by atoms with van der Waals surface area (Å²) < 4.78 is 2.07. The Labute approximate surface area is 99.3 Å². The predicted molar refractivity (Wildman–Crippen MR) is 68.8 cm³/mol. The van der Waals surface area contributed by atoms with Crippen LogP contribution in [0.15, 0.2) is 42.7 Å². The topological polar surface area (TPSA) is 45.6 Å². The van der Waals surface area contributed by atoms with Gasteiger partial charge < -0.3 is 14.9 Å². The summed E-state index contributed by atoms with van der Waals surface area (Å²) in [5.41, 5.74) is 3.38. The highest BCUT2D eigenvalue weighted by Crippen LogP contribution is 2.17. The van der Waals surface area contributed by atoms with E-state index in [4.69, 9.17) is 0 Å². The smallest absolute Gasteiger partial charge is 0.203 e. The Morgan fingerprint density at radius 1 is 1.29 bits per heavy atom. The van der Waals surface area contributed by atoms with Crippen molar-refractivity contribution >= 4 is 17.0 Å². The van der Waals surface area contributed by atoms with Gasteiger partial charge in [-0.25, -0.2) is 4.98 Å². The molecule has 0 spiro atoms. The zero-order chi connectivity index (χ0) is 11.7. The van der Waals surface area contributed by atoms with Gasteiger partial charge in [-0.15, -0.1) is 0 Å². The maximum Gasteiger partial charge on any atom is 0.203 e. The predicted octanol–water partition coefficient (Wildman–Crippen LogP) is 2.51. The maximum atomic E-state index is 4.55. The lowest BCUT2D eigenvalue weighted by atomic mass is 10.3. The Morgan fingerprint density at radius 3 is 2.94 bits per heavy atom. The van der Waals surface area contributed by atoms with Gasteiger partial charge in [-0.2, -0.15) is 0 Å². The molecule has 4 nitrogen and oxygen atoms in total. The van der Waals surface area contributed by atoms with Crippen LogP contribution in [0.25, 0.3) is 11.0 Å². The van der Waals surface area contributed by atoms with Gasteiger partial charge in [0.2, 0.25) is 5.95 Å². The van der Waals surface area contributed by atoms with E-state index in [0.29, 0.717) is 0 Å². The number of nitrogens with zero attached hydrogens (tertiary/aromatic N) is 2. The van der Waals surface area contributed by atoms with Crippen LogP contribution < -0.4 is 5.32 Å². The van der Waals surface area contributed by atoms with E-state index < -0.39 is 0 Å². The van der Waals surface area contributed by atoms with E-state index in [0.717, 1.165) is 23.5 Å². The molecule has 1 aromatic carbocycles. The van der Waals surface area contributed by atoms with Crippen molar-refractivity contribution in [2.75, 3.05) is 5.32 Å². The molecule has 0 unspecified atom stereocenters. The maximum absolute atomic E-state index is 4.55. The number of aromatic nitrogens is 3. The minimum atomic E-state index is 0.778. The third-order valence-electron chi connectivity index (χ3n) is 2.90. The SMILES string of the molecule is Cn1c(NCc2cc[nH]c2)nc2ccccc21. The fourth-order valence-corrected chi connectivity index (χ4v) is 1.95. The van der Waals surface area contributed by atoms with E-state index in [1.807, 2.05) is 37.6 Å². The van der Waals surface area contributed by atoms with Crippen LogP contribution in [0.3, 0.4) is 0 Å². The number of hydrogen-bond donors (Lipinski definition) is 2. The fourth-order valence-electron chi connectivity index (χ4n) is 1.95. The van der Waals surface area contributed by atoms with Gasteiger partial charge in [0.25, 0.3) is 0 Å². The Bertz CT molecular complexity index is 622. The van der Waals surface area contributed by atoms with Crippen molar-refractivity contribution in [1.82, 2.24) is 14.5 Å². The van der Waals surface area contributed by atoms with E-state index in [-0.39, 0.29) is 0 Å². The molecule has 3 aromatic rings. The molecule has 86 valence electrons. The number of anilines is 1. The Morgan fingerprint density at radius 2 is 2.18 bits per heavy atom. The number of para-hydroxylation sites is 2. The minimum absolute atomic E-state index is 0.778. The number of rotatable bonds is 3. The summed E-state index contributed by atoms with van der Waals surface area (Å²) in [6.45, 7) is 0.778. The number of nitrogens with one attached hydrogen (secondary N) is 2. The average Bonchev–Trinajstić information content (AvgIpc) is 2.96. The molecule has 0 aliphatic carbocycles. The summed E-state index contributed by atoms with van der Waals surface area (Å²) in [4.78, 5) is 7.59. The second-order valence-corrected chi connectivity index (χ2v) is 4.06. The number of aryl methyl sites for hydroxylation is 1. The molecular weight excluding hydrogens is 212 g/mol. The number of H-pyrrole nitrogens is 1. The molecule has 0 bridgehead atoms. The zero-order valence-corrected chi connectivity index (χ0v) is 9.64. The average molecular weight is 226 g/mol. The summed E-state index contributed by atoms with van der Waals surface area (Å²) in [7, 11) is 2.02. The zero-order valence-electron chi connectivity index (χ0n) is 9.64. The van der Waals surface area contributed by atoms with Crippen LogP contribution in [-0.2, 0) is 13.6 Å². The Balaban J connectivity index is 1.88. The first kappa shape index (κ1) is 9.96. The van der Waals surface area contributed by atoms with Gasteiger partial charge in [0.05, 0.1) is 11.0 Å². The van der Waals surface area contributed by atoms with Gasteiger partial charge in [-0.1, -0.05) is 12.1 Å². The van der Waals surface area contributed by atoms with Crippen molar-refractivity contribution in [2.45, 2.75) is 6.54 Å². The largest absolute Gasteiger partial charge is 0.367 e. The first-order chi connectivity index (χ1) is 8.34. The molecule has 2 N–H and O–H groups in total. The second-order valence-electron chi connectivity index (χ2n) is 4.06. The molecule has 17 heavy (non-hydrogen) atoms. The van der Waals surface area contributed by atoms with Crippen LogP contribution in [0.2, 0.25) is 0 Å². The summed E-state index contributed by atoms with van der Waals surface area (Å²) in [5.74, 6) is 0.896. The molecule has 0 saturated heterocycles. The monoisotopic (exact) mass is 226 g/mol. The molecule has 0 aliphatic heterocycles. The molecule has 0 saturated carbocycles. The van der Waals surface area contributed by atoms with E-state index in [9.17, 15) is 0 Å². The third-order valence-corrected chi connectivity index (χ3v) is 2.90. The van der Waals surface area contributed by atoms with Gasteiger partial charge in [-0.05, 0) is 23.8 Å². The lowest BCUT2D eigenvalue weighted by Gasteiger charge is -2.04. The minimum Gasteiger partial charge on any atom is -0.367 e. The van der Waals surface area contributed by atoms with Gasteiger partial charge in [0, 0.05) is 26.0 Å². The lowest BCUT2D eigenvalue weighted by molar-refractivity contribution is 0.928. The molecule has 3 rings (SSSR count). The fraction of sp³-hybridized carbons (Fsp3) is 0.154. The van der Waals surface area contributed by atoms with Crippen LogP contribution in [0.1, 0.15) is 5.56 Å². The highest BCUT2D eigenvalue weighted by molar-refractivity contribution is 5.78. The van der Waals surface area contributed by atoms with Crippen molar-refractivity contribution in [3.8, 4) is 0 Å². The number of hydrogen-bond acceptors (Lipinski definition) is 2. The molecule has 2 heterocycles. The quantitative estimate of drug-likeness (QED) is 0.720. The highest BCUT2D eigenvalue weighted by atomic mass is 15.2. The van der Waals surface area contributed by atoms with Crippen molar-refractivity contribution in [3.63, 3.8) is 0 Å². The van der Waals surface area contributed by atoms with Crippen LogP contribution >= 0.6 is 0 Å². The number of fused-ring (bicyclic) bond motifs is 1. The summed E-state index contributed by atoms with van der Waals surface area (Å²) in [6.07, 6.45) is 3.90. The molecule has 0 fully saturated rings. The highest BCUT2D eigenvalue weighted by Gasteiger charge is 2.05.